The molecule has 2 aromatic carbocycles. The number of fused-ring (bicyclic) bond motifs is 1. The third kappa shape index (κ3) is 4.20. The van der Waals surface area contributed by atoms with Gasteiger partial charge >= 0.3 is 0 Å². The van der Waals surface area contributed by atoms with E-state index in [1.54, 1.807) is 6.07 Å². The van der Waals surface area contributed by atoms with Crippen LogP contribution in [0.1, 0.15) is 56.9 Å². The first-order valence-electron chi connectivity index (χ1n) is 10.5. The van der Waals surface area contributed by atoms with Gasteiger partial charge in [0.05, 0.1) is 6.10 Å². The van der Waals surface area contributed by atoms with Crippen LogP contribution in [0.25, 0.3) is 11.1 Å². The summed E-state index contributed by atoms with van der Waals surface area (Å²) in [7, 11) is 0. The number of benzene rings is 2. The van der Waals surface area contributed by atoms with Gasteiger partial charge in [0.15, 0.2) is 17.5 Å². The molecule has 0 spiro atoms. The third-order valence-electron chi connectivity index (χ3n) is 6.73. The summed E-state index contributed by atoms with van der Waals surface area (Å²) in [4.78, 5) is 0. The summed E-state index contributed by atoms with van der Waals surface area (Å²) in [6.45, 7) is 2.80. The Morgan fingerprint density at radius 2 is 1.52 bits per heavy atom. The Kier molecular flexibility index (Phi) is 5.95. The highest BCUT2D eigenvalue weighted by Crippen LogP contribution is 2.47. The van der Waals surface area contributed by atoms with Crippen LogP contribution in [0, 0.1) is 35.1 Å². The first-order chi connectivity index (χ1) is 14.0. The summed E-state index contributed by atoms with van der Waals surface area (Å²) in [6, 6.07) is 6.53. The zero-order valence-corrected chi connectivity index (χ0v) is 16.6. The van der Waals surface area contributed by atoms with Gasteiger partial charge in [-0.1, -0.05) is 12.1 Å². The van der Waals surface area contributed by atoms with E-state index in [9.17, 15) is 17.6 Å². The molecule has 2 aliphatic rings. The van der Waals surface area contributed by atoms with Gasteiger partial charge in [-0.15, -0.1) is 0 Å². The fourth-order valence-electron chi connectivity index (χ4n) is 5.27. The minimum atomic E-state index is -1.54. The normalized spacial score (nSPS) is 26.9. The molecule has 4 rings (SSSR count). The van der Waals surface area contributed by atoms with Crippen LogP contribution in [-0.4, -0.2) is 12.7 Å². The van der Waals surface area contributed by atoms with Crippen LogP contribution in [0.5, 0.6) is 0 Å². The van der Waals surface area contributed by atoms with E-state index in [-0.39, 0.29) is 11.1 Å². The molecule has 1 nitrogen and oxygen atoms in total. The molecule has 0 heterocycles. The van der Waals surface area contributed by atoms with Crippen molar-refractivity contribution in [2.45, 2.75) is 57.5 Å². The molecule has 4 atom stereocenters. The molecular formula is C24H26F4O. The van der Waals surface area contributed by atoms with Gasteiger partial charge in [-0.25, -0.2) is 17.6 Å². The molecular weight excluding hydrogens is 380 g/mol. The molecule has 0 amide bonds. The summed E-state index contributed by atoms with van der Waals surface area (Å²) in [5, 5.41) is 0. The highest BCUT2D eigenvalue weighted by atomic mass is 19.2. The molecule has 2 saturated carbocycles. The fraction of sp³-hybridized carbons (Fsp3) is 0.500. The molecule has 2 aromatic rings. The predicted molar refractivity (Wildman–Crippen MR) is 105 cm³/mol. The lowest BCUT2D eigenvalue weighted by Crippen LogP contribution is -2.33. The lowest BCUT2D eigenvalue weighted by atomic mass is 9.65. The number of hydrogen-bond acceptors (Lipinski definition) is 1. The van der Waals surface area contributed by atoms with Crippen molar-refractivity contribution in [3.05, 3.63) is 59.2 Å². The quantitative estimate of drug-likeness (QED) is 0.392. The lowest BCUT2D eigenvalue weighted by Gasteiger charge is -2.42. The van der Waals surface area contributed by atoms with E-state index in [0.717, 1.165) is 62.8 Å². The Labute approximate surface area is 169 Å². The van der Waals surface area contributed by atoms with Crippen LogP contribution in [-0.2, 0) is 4.74 Å². The third-order valence-corrected chi connectivity index (χ3v) is 6.73. The van der Waals surface area contributed by atoms with E-state index in [2.05, 4.69) is 0 Å². The van der Waals surface area contributed by atoms with Gasteiger partial charge in [0, 0.05) is 12.2 Å². The first kappa shape index (κ1) is 20.4. The van der Waals surface area contributed by atoms with Gasteiger partial charge in [0.2, 0.25) is 0 Å². The fourth-order valence-corrected chi connectivity index (χ4v) is 5.27. The molecule has 0 aromatic heterocycles. The summed E-state index contributed by atoms with van der Waals surface area (Å²) >= 11 is 0. The second-order valence-electron chi connectivity index (χ2n) is 8.41. The topological polar surface area (TPSA) is 9.23 Å². The van der Waals surface area contributed by atoms with Crippen molar-refractivity contribution in [1.82, 2.24) is 0 Å². The van der Waals surface area contributed by atoms with Crippen LogP contribution < -0.4 is 0 Å². The molecule has 0 aliphatic heterocycles. The number of halogens is 4. The predicted octanol–water partition coefficient (Wildman–Crippen LogP) is 7.00. The number of hydrogen-bond donors (Lipinski definition) is 0. The van der Waals surface area contributed by atoms with E-state index in [1.807, 2.05) is 13.0 Å². The molecule has 0 radical (unpaired) electrons. The molecule has 2 aliphatic carbocycles. The van der Waals surface area contributed by atoms with Crippen molar-refractivity contribution < 1.29 is 22.3 Å². The Morgan fingerprint density at radius 3 is 2.21 bits per heavy atom. The van der Waals surface area contributed by atoms with E-state index in [4.69, 9.17) is 4.74 Å². The van der Waals surface area contributed by atoms with E-state index in [1.165, 1.54) is 6.07 Å². The van der Waals surface area contributed by atoms with Crippen LogP contribution in [0.15, 0.2) is 30.3 Å². The molecule has 2 fully saturated rings. The maximum absolute atomic E-state index is 14.8. The van der Waals surface area contributed by atoms with Crippen LogP contribution in [0.3, 0.4) is 0 Å². The Hall–Kier alpha value is -1.88. The lowest BCUT2D eigenvalue weighted by molar-refractivity contribution is -0.00956. The van der Waals surface area contributed by atoms with Crippen LogP contribution in [0.2, 0.25) is 0 Å². The molecule has 5 heteroatoms. The average molecular weight is 406 g/mol. The summed E-state index contributed by atoms with van der Waals surface area (Å²) in [5.41, 5.74) is 1.01. The molecule has 0 saturated heterocycles. The van der Waals surface area contributed by atoms with Gasteiger partial charge in [-0.2, -0.15) is 0 Å². The Balaban J connectivity index is 1.49. The molecule has 0 bridgehead atoms. The van der Waals surface area contributed by atoms with Gasteiger partial charge in [-0.05, 0) is 92.5 Å². The van der Waals surface area contributed by atoms with Gasteiger partial charge < -0.3 is 4.74 Å². The Morgan fingerprint density at radius 1 is 0.828 bits per heavy atom. The minimum Gasteiger partial charge on any atom is -0.378 e. The van der Waals surface area contributed by atoms with Crippen LogP contribution >= 0.6 is 0 Å². The zero-order chi connectivity index (χ0) is 20.5. The van der Waals surface area contributed by atoms with E-state index >= 15 is 0 Å². The van der Waals surface area contributed by atoms with Crippen molar-refractivity contribution in [1.29, 1.82) is 0 Å². The summed E-state index contributed by atoms with van der Waals surface area (Å²) in [5.74, 6) is -3.07. The second-order valence-corrected chi connectivity index (χ2v) is 8.41. The standard InChI is InChI=1S/C24H26F4O/c1-2-29-19-7-5-15-9-14(3-4-16(15)10-19)17-6-8-20(21(25)11-17)18-12-22(26)24(28)23(27)13-18/h6,8,11-16,19H,2-5,7,9-10H2,1H3. The van der Waals surface area contributed by atoms with Crippen LogP contribution in [0.4, 0.5) is 17.6 Å². The summed E-state index contributed by atoms with van der Waals surface area (Å²) in [6.07, 6.45) is 6.93. The average Bonchev–Trinajstić information content (AvgIpc) is 2.71. The van der Waals surface area contributed by atoms with Crippen molar-refractivity contribution in [2.75, 3.05) is 6.61 Å². The summed E-state index contributed by atoms with van der Waals surface area (Å²) < 4.78 is 60.8. The van der Waals surface area contributed by atoms with Gasteiger partial charge in [0.1, 0.15) is 5.82 Å². The largest absolute Gasteiger partial charge is 0.378 e. The van der Waals surface area contributed by atoms with Gasteiger partial charge in [0.25, 0.3) is 0 Å². The minimum absolute atomic E-state index is 0.00315. The SMILES string of the molecule is CCOC1CCC2CC(c3ccc(-c4cc(F)c(F)c(F)c4)c(F)c3)CCC2C1. The number of ether oxygens (including phenoxy) is 1. The first-order valence-corrected chi connectivity index (χ1v) is 10.5. The maximum Gasteiger partial charge on any atom is 0.194 e. The highest BCUT2D eigenvalue weighted by Gasteiger charge is 2.36. The Bertz CT molecular complexity index is 858. The van der Waals surface area contributed by atoms with E-state index < -0.39 is 23.3 Å². The molecule has 156 valence electrons. The van der Waals surface area contributed by atoms with Crippen molar-refractivity contribution in [2.24, 2.45) is 11.8 Å². The molecule has 4 unspecified atom stereocenters. The smallest absolute Gasteiger partial charge is 0.194 e. The second kappa shape index (κ2) is 8.47. The van der Waals surface area contributed by atoms with Crippen molar-refractivity contribution in [3.8, 4) is 11.1 Å². The highest BCUT2D eigenvalue weighted by molar-refractivity contribution is 5.65. The zero-order valence-electron chi connectivity index (χ0n) is 16.6. The molecule has 29 heavy (non-hydrogen) atoms. The number of rotatable bonds is 4. The maximum atomic E-state index is 14.8. The van der Waals surface area contributed by atoms with Crippen molar-refractivity contribution >= 4 is 0 Å². The van der Waals surface area contributed by atoms with Gasteiger partial charge in [-0.3, -0.25) is 0 Å². The van der Waals surface area contributed by atoms with Crippen molar-refractivity contribution in [3.63, 3.8) is 0 Å². The van der Waals surface area contributed by atoms with E-state index in [0.29, 0.717) is 23.9 Å². The molecule has 0 N–H and O–H groups in total. The monoisotopic (exact) mass is 406 g/mol.